The Morgan fingerprint density at radius 2 is 1.63 bits per heavy atom. The molecule has 27 heavy (non-hydrogen) atoms. The zero-order valence-corrected chi connectivity index (χ0v) is 17.1. The van der Waals surface area contributed by atoms with Gasteiger partial charge in [-0.2, -0.15) is 0 Å². The quantitative estimate of drug-likeness (QED) is 0.730. The second-order valence-electron chi connectivity index (χ2n) is 9.06. The Morgan fingerprint density at radius 1 is 1.04 bits per heavy atom. The van der Waals surface area contributed by atoms with Crippen LogP contribution in [0, 0.1) is 0 Å². The molecule has 154 valence electrons. The molecule has 3 heterocycles. The van der Waals surface area contributed by atoms with Crippen molar-refractivity contribution in [1.82, 2.24) is 9.80 Å². The summed E-state index contributed by atoms with van der Waals surface area (Å²) in [6.07, 6.45) is 5.69. The fourth-order valence-electron chi connectivity index (χ4n) is 4.45. The molecule has 7 nitrogen and oxygen atoms in total. The molecular weight excluding hydrogens is 348 g/mol. The Labute approximate surface area is 162 Å². The molecule has 3 aliphatic heterocycles. The van der Waals surface area contributed by atoms with E-state index >= 15 is 0 Å². The average molecular weight is 383 g/mol. The maximum Gasteiger partial charge on any atom is 0.410 e. The molecule has 2 bridgehead atoms. The van der Waals surface area contributed by atoms with E-state index in [1.807, 2.05) is 32.7 Å². The number of piperidine rings is 2. The van der Waals surface area contributed by atoms with E-state index < -0.39 is 5.60 Å². The van der Waals surface area contributed by atoms with E-state index in [9.17, 15) is 9.59 Å². The summed E-state index contributed by atoms with van der Waals surface area (Å²) in [4.78, 5) is 29.0. The molecule has 7 heteroatoms. The molecule has 0 saturated carbocycles. The standard InChI is InChI=1S/C20H34N2O5/c1-20(2,3)27-18(23)21(4)16-12-14-6-5-7-15(13-16)22(14)19(24)26-17-8-10-25-11-9-17/h14-17H,5-13H2,1-4H3/t14-,15+,16?. The number of nitrogens with zero attached hydrogens (tertiary/aromatic N) is 2. The van der Waals surface area contributed by atoms with Crippen LogP contribution in [0.5, 0.6) is 0 Å². The molecule has 0 aromatic carbocycles. The highest BCUT2D eigenvalue weighted by atomic mass is 16.6. The summed E-state index contributed by atoms with van der Waals surface area (Å²) in [6, 6.07) is 0.377. The first-order valence-electron chi connectivity index (χ1n) is 10.3. The minimum Gasteiger partial charge on any atom is -0.446 e. The second kappa shape index (κ2) is 8.25. The van der Waals surface area contributed by atoms with Crippen molar-refractivity contribution < 1.29 is 23.8 Å². The van der Waals surface area contributed by atoms with Gasteiger partial charge in [0.2, 0.25) is 0 Å². The molecule has 0 aliphatic carbocycles. The minimum atomic E-state index is -0.505. The van der Waals surface area contributed by atoms with Crippen LogP contribution >= 0.6 is 0 Å². The molecule has 2 amide bonds. The number of carbonyl (C=O) groups is 2. The van der Waals surface area contributed by atoms with Gasteiger partial charge in [0.05, 0.1) is 13.2 Å². The van der Waals surface area contributed by atoms with Crippen molar-refractivity contribution in [3.05, 3.63) is 0 Å². The van der Waals surface area contributed by atoms with Gasteiger partial charge in [0.15, 0.2) is 0 Å². The highest BCUT2D eigenvalue weighted by Gasteiger charge is 2.44. The summed E-state index contributed by atoms with van der Waals surface area (Å²) in [5.41, 5.74) is -0.505. The van der Waals surface area contributed by atoms with Crippen LogP contribution in [0.3, 0.4) is 0 Å². The SMILES string of the molecule is CN(C(=O)OC(C)(C)C)C1C[C@H]2CCC[C@@H](C1)N2C(=O)OC1CCOCC1. The van der Waals surface area contributed by atoms with Gasteiger partial charge >= 0.3 is 12.2 Å². The van der Waals surface area contributed by atoms with Gasteiger partial charge in [-0.3, -0.25) is 0 Å². The largest absolute Gasteiger partial charge is 0.446 e. The zero-order valence-electron chi connectivity index (χ0n) is 17.1. The van der Waals surface area contributed by atoms with Gasteiger partial charge in [0, 0.05) is 38.0 Å². The minimum absolute atomic E-state index is 0.0332. The number of ether oxygens (including phenoxy) is 3. The van der Waals surface area contributed by atoms with E-state index in [1.54, 1.807) is 4.90 Å². The van der Waals surface area contributed by atoms with Crippen molar-refractivity contribution in [2.24, 2.45) is 0 Å². The molecule has 3 atom stereocenters. The van der Waals surface area contributed by atoms with Gasteiger partial charge in [-0.15, -0.1) is 0 Å². The fourth-order valence-corrected chi connectivity index (χ4v) is 4.45. The topological polar surface area (TPSA) is 68.3 Å². The summed E-state index contributed by atoms with van der Waals surface area (Å²) in [5.74, 6) is 0. The Kier molecular flexibility index (Phi) is 6.18. The third kappa shape index (κ3) is 5.06. The van der Waals surface area contributed by atoms with Crippen LogP contribution in [0.2, 0.25) is 0 Å². The Morgan fingerprint density at radius 3 is 2.19 bits per heavy atom. The van der Waals surface area contributed by atoms with E-state index in [4.69, 9.17) is 14.2 Å². The molecule has 0 N–H and O–H groups in total. The van der Waals surface area contributed by atoms with Gasteiger partial charge in [0.25, 0.3) is 0 Å². The van der Waals surface area contributed by atoms with E-state index in [1.165, 1.54) is 0 Å². The first kappa shape index (κ1) is 20.2. The molecule has 1 unspecified atom stereocenters. The number of hydrogen-bond donors (Lipinski definition) is 0. The van der Waals surface area contributed by atoms with Crippen LogP contribution in [0.15, 0.2) is 0 Å². The van der Waals surface area contributed by atoms with E-state index in [0.717, 1.165) is 44.9 Å². The van der Waals surface area contributed by atoms with Crippen molar-refractivity contribution in [3.63, 3.8) is 0 Å². The summed E-state index contributed by atoms with van der Waals surface area (Å²) >= 11 is 0. The lowest BCUT2D eigenvalue weighted by molar-refractivity contribution is -0.0442. The normalized spacial score (nSPS) is 29.2. The number of rotatable bonds is 2. The van der Waals surface area contributed by atoms with Gasteiger partial charge in [-0.05, 0) is 52.9 Å². The van der Waals surface area contributed by atoms with Crippen LogP contribution in [0.25, 0.3) is 0 Å². The molecule has 3 aliphatic rings. The average Bonchev–Trinajstić information content (AvgIpc) is 2.59. The Bertz CT molecular complexity index is 527. The smallest absolute Gasteiger partial charge is 0.410 e. The van der Waals surface area contributed by atoms with Crippen molar-refractivity contribution in [2.75, 3.05) is 20.3 Å². The molecule has 0 aromatic heterocycles. The molecular formula is C20H34N2O5. The van der Waals surface area contributed by atoms with Crippen molar-refractivity contribution in [3.8, 4) is 0 Å². The molecule has 3 fully saturated rings. The molecule has 0 radical (unpaired) electrons. The van der Waals surface area contributed by atoms with E-state index in [2.05, 4.69) is 0 Å². The highest BCUT2D eigenvalue weighted by Crippen LogP contribution is 2.37. The first-order chi connectivity index (χ1) is 12.7. The van der Waals surface area contributed by atoms with Gasteiger partial charge in [-0.25, -0.2) is 9.59 Å². The summed E-state index contributed by atoms with van der Waals surface area (Å²) in [5, 5.41) is 0. The third-order valence-electron chi connectivity index (χ3n) is 5.83. The van der Waals surface area contributed by atoms with Gasteiger partial charge < -0.3 is 24.0 Å². The van der Waals surface area contributed by atoms with Crippen molar-refractivity contribution in [2.45, 2.75) is 95.5 Å². The van der Waals surface area contributed by atoms with Gasteiger partial charge in [-0.1, -0.05) is 0 Å². The lowest BCUT2D eigenvalue weighted by Gasteiger charge is -2.50. The predicted molar refractivity (Wildman–Crippen MR) is 101 cm³/mol. The lowest BCUT2D eigenvalue weighted by atomic mass is 9.81. The van der Waals surface area contributed by atoms with Crippen LogP contribution in [-0.4, -0.2) is 72.1 Å². The Balaban J connectivity index is 1.61. The fraction of sp³-hybridized carbons (Fsp3) is 0.900. The predicted octanol–water partition coefficient (Wildman–Crippen LogP) is 3.55. The summed E-state index contributed by atoms with van der Waals surface area (Å²) in [7, 11) is 1.81. The second-order valence-corrected chi connectivity index (χ2v) is 9.06. The number of fused-ring (bicyclic) bond motifs is 2. The lowest BCUT2D eigenvalue weighted by Crippen LogP contribution is -2.59. The molecule has 0 spiro atoms. The molecule has 0 aromatic rings. The van der Waals surface area contributed by atoms with Crippen molar-refractivity contribution >= 4 is 12.2 Å². The van der Waals surface area contributed by atoms with Crippen LogP contribution in [-0.2, 0) is 14.2 Å². The number of hydrogen-bond acceptors (Lipinski definition) is 5. The molecule has 3 rings (SSSR count). The third-order valence-corrected chi connectivity index (χ3v) is 5.83. The maximum absolute atomic E-state index is 12.8. The van der Waals surface area contributed by atoms with Crippen LogP contribution in [0.1, 0.15) is 65.7 Å². The molecule has 3 saturated heterocycles. The monoisotopic (exact) mass is 382 g/mol. The van der Waals surface area contributed by atoms with Gasteiger partial charge in [0.1, 0.15) is 11.7 Å². The van der Waals surface area contributed by atoms with Crippen molar-refractivity contribution in [1.29, 1.82) is 0 Å². The van der Waals surface area contributed by atoms with Crippen LogP contribution < -0.4 is 0 Å². The zero-order chi connectivity index (χ0) is 19.6. The van der Waals surface area contributed by atoms with E-state index in [0.29, 0.717) is 13.2 Å². The number of amides is 2. The van der Waals surface area contributed by atoms with E-state index in [-0.39, 0.29) is 36.4 Å². The Hall–Kier alpha value is -1.50. The first-order valence-corrected chi connectivity index (χ1v) is 10.3. The highest BCUT2D eigenvalue weighted by molar-refractivity contribution is 5.70. The van der Waals surface area contributed by atoms with Crippen LogP contribution in [0.4, 0.5) is 9.59 Å². The summed E-state index contributed by atoms with van der Waals surface area (Å²) in [6.45, 7) is 6.95. The summed E-state index contributed by atoms with van der Waals surface area (Å²) < 4.78 is 16.6. The number of carbonyl (C=O) groups excluding carboxylic acids is 2. The maximum atomic E-state index is 12.8.